The Kier molecular flexibility index (Phi) is 4.00. The summed E-state index contributed by atoms with van der Waals surface area (Å²) in [6, 6.07) is 15.8. The average Bonchev–Trinajstić information content (AvgIpc) is 2.61. The van der Waals surface area contributed by atoms with Crippen molar-refractivity contribution in [3.8, 4) is 28.7 Å². The van der Waals surface area contributed by atoms with Crippen molar-refractivity contribution in [1.82, 2.24) is 9.97 Å². The van der Waals surface area contributed by atoms with Crippen molar-refractivity contribution in [3.05, 3.63) is 71.9 Å². The van der Waals surface area contributed by atoms with E-state index >= 15 is 0 Å². The zero-order valence-electron chi connectivity index (χ0n) is 12.2. The predicted molar refractivity (Wildman–Crippen MR) is 82.6 cm³/mol. The first-order valence-electron chi connectivity index (χ1n) is 7.00. The van der Waals surface area contributed by atoms with E-state index in [9.17, 15) is 18.4 Å². The molecule has 1 aromatic carbocycles. The molecule has 3 nitrogen and oxygen atoms in total. The van der Waals surface area contributed by atoms with Crippen LogP contribution in [0.3, 0.4) is 0 Å². The molecule has 3 aromatic rings. The molecule has 0 fully saturated rings. The van der Waals surface area contributed by atoms with E-state index in [1.54, 1.807) is 48.5 Å². The number of rotatable bonds is 2. The van der Waals surface area contributed by atoms with Crippen LogP contribution < -0.4 is 0 Å². The number of hydrogen-bond acceptors (Lipinski definition) is 3. The van der Waals surface area contributed by atoms with Gasteiger partial charge >= 0.3 is 6.18 Å². The molecule has 0 saturated carbocycles. The maximum absolute atomic E-state index is 13.4. The van der Waals surface area contributed by atoms with Crippen molar-refractivity contribution in [2.45, 2.75) is 6.18 Å². The first-order valence-corrected chi connectivity index (χ1v) is 7.00. The molecule has 3 rings (SSSR count). The SMILES string of the molecule is N#Cc1c(C(F)(F)F)cc(-c2ccccc2)nc1-c1ccccn1. The van der Waals surface area contributed by atoms with Gasteiger partial charge in [0.25, 0.3) is 0 Å². The second kappa shape index (κ2) is 6.13. The third-order valence-electron chi connectivity index (χ3n) is 3.41. The summed E-state index contributed by atoms with van der Waals surface area (Å²) in [7, 11) is 0. The summed E-state index contributed by atoms with van der Waals surface area (Å²) in [5.41, 5.74) is -0.725. The third-order valence-corrected chi connectivity index (χ3v) is 3.41. The molecular formula is C18H10F3N3. The first-order chi connectivity index (χ1) is 11.5. The highest BCUT2D eigenvalue weighted by Gasteiger charge is 2.36. The topological polar surface area (TPSA) is 49.6 Å². The number of benzene rings is 1. The zero-order chi connectivity index (χ0) is 17.2. The van der Waals surface area contributed by atoms with Gasteiger partial charge in [0.2, 0.25) is 0 Å². The van der Waals surface area contributed by atoms with E-state index in [0.717, 1.165) is 6.07 Å². The number of pyridine rings is 2. The molecule has 0 aliphatic carbocycles. The van der Waals surface area contributed by atoms with Crippen LogP contribution in [0.15, 0.2) is 60.8 Å². The molecule has 0 unspecified atom stereocenters. The Morgan fingerprint density at radius 3 is 2.21 bits per heavy atom. The highest BCUT2D eigenvalue weighted by Crippen LogP contribution is 2.37. The van der Waals surface area contributed by atoms with Gasteiger partial charge in [-0.2, -0.15) is 18.4 Å². The van der Waals surface area contributed by atoms with Gasteiger partial charge in [0.05, 0.1) is 22.5 Å². The van der Waals surface area contributed by atoms with Gasteiger partial charge in [0.15, 0.2) is 0 Å². The van der Waals surface area contributed by atoms with Crippen LogP contribution >= 0.6 is 0 Å². The van der Waals surface area contributed by atoms with E-state index in [0.29, 0.717) is 5.56 Å². The standard InChI is InChI=1S/C18H10F3N3/c19-18(20,21)14-10-16(12-6-2-1-3-7-12)24-17(13(14)11-22)15-8-4-5-9-23-15/h1-10H. The Morgan fingerprint density at radius 2 is 1.62 bits per heavy atom. The Bertz CT molecular complexity index is 899. The average molecular weight is 325 g/mol. The highest BCUT2D eigenvalue weighted by atomic mass is 19.4. The number of nitrogens with zero attached hydrogens (tertiary/aromatic N) is 3. The largest absolute Gasteiger partial charge is 0.417 e. The molecule has 0 N–H and O–H groups in total. The Hall–Kier alpha value is -3.20. The van der Waals surface area contributed by atoms with Crippen LogP contribution in [-0.4, -0.2) is 9.97 Å². The lowest BCUT2D eigenvalue weighted by molar-refractivity contribution is -0.137. The van der Waals surface area contributed by atoms with E-state index in [4.69, 9.17) is 0 Å². The molecule has 0 bridgehead atoms. The van der Waals surface area contributed by atoms with Crippen LogP contribution in [0.4, 0.5) is 13.2 Å². The minimum absolute atomic E-state index is 0.0771. The molecule has 0 amide bonds. The van der Waals surface area contributed by atoms with E-state index in [1.807, 2.05) is 0 Å². The molecular weight excluding hydrogens is 315 g/mol. The van der Waals surface area contributed by atoms with E-state index in [-0.39, 0.29) is 17.1 Å². The van der Waals surface area contributed by atoms with Gasteiger partial charge < -0.3 is 0 Å². The minimum Gasteiger partial charge on any atom is -0.255 e. The van der Waals surface area contributed by atoms with Crippen LogP contribution in [-0.2, 0) is 6.18 Å². The van der Waals surface area contributed by atoms with E-state index in [1.165, 1.54) is 12.3 Å². The zero-order valence-corrected chi connectivity index (χ0v) is 12.2. The quantitative estimate of drug-likeness (QED) is 0.686. The smallest absolute Gasteiger partial charge is 0.255 e. The monoisotopic (exact) mass is 325 g/mol. The Balaban J connectivity index is 2.34. The van der Waals surface area contributed by atoms with Gasteiger partial charge in [-0.15, -0.1) is 0 Å². The molecule has 0 aliphatic heterocycles. The highest BCUT2D eigenvalue weighted by molar-refractivity contribution is 5.71. The molecule has 0 aliphatic rings. The fourth-order valence-corrected chi connectivity index (χ4v) is 2.33. The molecule has 6 heteroatoms. The molecule has 0 atom stereocenters. The number of hydrogen-bond donors (Lipinski definition) is 0. The molecule has 2 heterocycles. The summed E-state index contributed by atoms with van der Waals surface area (Å²) in [5.74, 6) is 0. The van der Waals surface area contributed by atoms with Crippen LogP contribution in [0, 0.1) is 11.3 Å². The maximum Gasteiger partial charge on any atom is 0.417 e. The number of halogens is 3. The molecule has 24 heavy (non-hydrogen) atoms. The minimum atomic E-state index is -4.67. The molecule has 0 radical (unpaired) electrons. The lowest BCUT2D eigenvalue weighted by Crippen LogP contribution is -2.11. The number of alkyl halides is 3. The summed E-state index contributed by atoms with van der Waals surface area (Å²) in [4.78, 5) is 8.31. The lowest BCUT2D eigenvalue weighted by Gasteiger charge is -2.14. The van der Waals surface area contributed by atoms with Gasteiger partial charge in [-0.25, -0.2) is 4.98 Å². The number of aromatic nitrogens is 2. The summed E-state index contributed by atoms with van der Waals surface area (Å²) in [6.45, 7) is 0. The molecule has 0 spiro atoms. The van der Waals surface area contributed by atoms with Crippen LogP contribution in [0.2, 0.25) is 0 Å². The van der Waals surface area contributed by atoms with Crippen molar-refractivity contribution in [1.29, 1.82) is 5.26 Å². The summed E-state index contributed by atoms with van der Waals surface area (Å²) >= 11 is 0. The van der Waals surface area contributed by atoms with Crippen molar-refractivity contribution in [3.63, 3.8) is 0 Å². The van der Waals surface area contributed by atoms with Gasteiger partial charge in [0, 0.05) is 11.8 Å². The molecule has 0 saturated heterocycles. The fraction of sp³-hybridized carbons (Fsp3) is 0.0556. The van der Waals surface area contributed by atoms with Crippen molar-refractivity contribution < 1.29 is 13.2 Å². The molecule has 2 aromatic heterocycles. The second-order valence-corrected chi connectivity index (χ2v) is 4.97. The first kappa shape index (κ1) is 15.7. The van der Waals surface area contributed by atoms with Gasteiger partial charge in [-0.1, -0.05) is 36.4 Å². The van der Waals surface area contributed by atoms with E-state index < -0.39 is 17.3 Å². The Labute approximate surface area is 136 Å². The van der Waals surface area contributed by atoms with Gasteiger partial charge in [-0.3, -0.25) is 4.98 Å². The van der Waals surface area contributed by atoms with Crippen molar-refractivity contribution in [2.75, 3.05) is 0 Å². The van der Waals surface area contributed by atoms with Gasteiger partial charge in [-0.05, 0) is 18.2 Å². The molecule has 118 valence electrons. The van der Waals surface area contributed by atoms with Crippen molar-refractivity contribution in [2.24, 2.45) is 0 Å². The Morgan fingerprint density at radius 1 is 0.917 bits per heavy atom. The maximum atomic E-state index is 13.4. The van der Waals surface area contributed by atoms with Crippen LogP contribution in [0.5, 0.6) is 0 Å². The predicted octanol–water partition coefficient (Wildman–Crippen LogP) is 4.70. The van der Waals surface area contributed by atoms with E-state index in [2.05, 4.69) is 9.97 Å². The second-order valence-electron chi connectivity index (χ2n) is 4.97. The van der Waals surface area contributed by atoms with Crippen molar-refractivity contribution >= 4 is 0 Å². The normalized spacial score (nSPS) is 11.1. The summed E-state index contributed by atoms with van der Waals surface area (Å²) < 4.78 is 40.3. The summed E-state index contributed by atoms with van der Waals surface area (Å²) in [5, 5.41) is 9.27. The van der Waals surface area contributed by atoms with Crippen LogP contribution in [0.25, 0.3) is 22.6 Å². The fourth-order valence-electron chi connectivity index (χ4n) is 2.33. The van der Waals surface area contributed by atoms with Gasteiger partial charge in [0.1, 0.15) is 11.8 Å². The lowest BCUT2D eigenvalue weighted by atomic mass is 10.0. The van der Waals surface area contributed by atoms with Crippen LogP contribution in [0.1, 0.15) is 11.1 Å². The number of nitriles is 1. The summed E-state index contributed by atoms with van der Waals surface area (Å²) in [6.07, 6.45) is -3.22. The third kappa shape index (κ3) is 2.97.